The van der Waals surface area contributed by atoms with Crippen LogP contribution in [-0.2, 0) is 10.0 Å². The summed E-state index contributed by atoms with van der Waals surface area (Å²) in [5, 5.41) is 6.39. The van der Waals surface area contributed by atoms with E-state index in [2.05, 4.69) is 15.0 Å². The van der Waals surface area contributed by atoms with Crippen molar-refractivity contribution in [1.82, 2.24) is 14.8 Å². The van der Waals surface area contributed by atoms with E-state index < -0.39 is 10.0 Å². The normalized spacial score (nSPS) is 16.8. The van der Waals surface area contributed by atoms with Gasteiger partial charge >= 0.3 is 0 Å². The van der Waals surface area contributed by atoms with Crippen LogP contribution >= 0.6 is 0 Å². The van der Waals surface area contributed by atoms with Gasteiger partial charge in [0.15, 0.2) is 5.69 Å². The van der Waals surface area contributed by atoms with Crippen LogP contribution in [-0.4, -0.2) is 43.4 Å². The molecule has 0 aliphatic carbocycles. The maximum Gasteiger partial charge on any atom is 0.273 e. The van der Waals surface area contributed by atoms with Crippen LogP contribution in [0.4, 0.5) is 0 Å². The van der Waals surface area contributed by atoms with Crippen molar-refractivity contribution >= 4 is 15.9 Å². The van der Waals surface area contributed by atoms with Crippen molar-refractivity contribution in [2.45, 2.75) is 17.7 Å². The molecule has 24 heavy (non-hydrogen) atoms. The molecule has 1 N–H and O–H groups in total. The number of hydrogen-bond donors (Lipinski definition) is 1. The highest BCUT2D eigenvalue weighted by molar-refractivity contribution is 7.89. The van der Waals surface area contributed by atoms with Crippen LogP contribution in [0.2, 0.25) is 0 Å². The number of sulfonamides is 1. The van der Waals surface area contributed by atoms with Crippen molar-refractivity contribution in [3.8, 4) is 0 Å². The average Bonchev–Trinajstić information content (AvgIpc) is 3.15. The van der Waals surface area contributed by atoms with Crippen LogP contribution in [0.3, 0.4) is 0 Å². The number of nitrogens with one attached hydrogen (secondary N) is 1. The second-order valence-electron chi connectivity index (χ2n) is 5.76. The van der Waals surface area contributed by atoms with Crippen molar-refractivity contribution < 1.29 is 17.7 Å². The third kappa shape index (κ3) is 3.65. The molecule has 1 amide bonds. The molecular formula is C16H19N3O4S. The molecule has 0 atom stereocenters. The molecule has 1 aliphatic rings. The Balaban J connectivity index is 1.52. The van der Waals surface area contributed by atoms with Gasteiger partial charge in [0.1, 0.15) is 6.26 Å². The number of carbonyl (C=O) groups excluding carboxylic acids is 1. The lowest BCUT2D eigenvalue weighted by Crippen LogP contribution is -2.41. The predicted octanol–water partition coefficient (Wildman–Crippen LogP) is 1.51. The van der Waals surface area contributed by atoms with Gasteiger partial charge in [0.2, 0.25) is 10.0 Å². The number of benzene rings is 1. The van der Waals surface area contributed by atoms with Gasteiger partial charge in [-0.15, -0.1) is 0 Å². The molecule has 1 aromatic carbocycles. The van der Waals surface area contributed by atoms with Gasteiger partial charge in [0.25, 0.3) is 5.91 Å². The molecule has 0 radical (unpaired) electrons. The van der Waals surface area contributed by atoms with Crippen LogP contribution in [0.1, 0.15) is 23.3 Å². The first-order chi connectivity index (χ1) is 11.6. The largest absolute Gasteiger partial charge is 0.364 e. The molecule has 1 fully saturated rings. The molecule has 7 nitrogen and oxygen atoms in total. The third-order valence-corrected chi connectivity index (χ3v) is 6.09. The van der Waals surface area contributed by atoms with Gasteiger partial charge in [-0.25, -0.2) is 8.42 Å². The molecule has 128 valence electrons. The van der Waals surface area contributed by atoms with E-state index in [1.54, 1.807) is 30.3 Å². The van der Waals surface area contributed by atoms with Gasteiger partial charge in [-0.2, -0.15) is 4.31 Å². The lowest BCUT2D eigenvalue weighted by molar-refractivity contribution is 0.0932. The number of hydrogen-bond acceptors (Lipinski definition) is 5. The first-order valence-electron chi connectivity index (χ1n) is 7.81. The van der Waals surface area contributed by atoms with E-state index in [9.17, 15) is 13.2 Å². The molecule has 3 rings (SSSR count). The van der Waals surface area contributed by atoms with Crippen LogP contribution in [0, 0.1) is 5.92 Å². The summed E-state index contributed by atoms with van der Waals surface area (Å²) in [6, 6.07) is 9.96. The van der Waals surface area contributed by atoms with Gasteiger partial charge in [0, 0.05) is 25.7 Å². The molecule has 2 heterocycles. The Hall–Kier alpha value is -2.19. The second kappa shape index (κ2) is 7.14. The summed E-state index contributed by atoms with van der Waals surface area (Å²) in [7, 11) is -3.43. The van der Waals surface area contributed by atoms with Crippen molar-refractivity contribution in [1.29, 1.82) is 0 Å². The van der Waals surface area contributed by atoms with Gasteiger partial charge in [-0.3, -0.25) is 4.79 Å². The molecule has 1 saturated heterocycles. The Bertz CT molecular complexity index is 767. The monoisotopic (exact) mass is 349 g/mol. The quantitative estimate of drug-likeness (QED) is 0.883. The number of carbonyl (C=O) groups is 1. The highest BCUT2D eigenvalue weighted by atomic mass is 32.2. The number of piperidine rings is 1. The van der Waals surface area contributed by atoms with E-state index in [4.69, 9.17) is 0 Å². The maximum atomic E-state index is 12.6. The molecule has 8 heteroatoms. The van der Waals surface area contributed by atoms with Crippen LogP contribution in [0.15, 0.2) is 52.1 Å². The molecule has 0 bridgehead atoms. The molecular weight excluding hydrogens is 330 g/mol. The predicted molar refractivity (Wildman–Crippen MR) is 86.8 cm³/mol. The van der Waals surface area contributed by atoms with Gasteiger partial charge in [-0.05, 0) is 30.9 Å². The van der Waals surface area contributed by atoms with Crippen LogP contribution < -0.4 is 5.32 Å². The Morgan fingerprint density at radius 1 is 1.21 bits per heavy atom. The van der Waals surface area contributed by atoms with Crippen molar-refractivity contribution in [2.75, 3.05) is 19.6 Å². The van der Waals surface area contributed by atoms with E-state index in [0.29, 0.717) is 37.4 Å². The second-order valence-corrected chi connectivity index (χ2v) is 7.69. The fraction of sp³-hybridized carbons (Fsp3) is 0.375. The smallest absolute Gasteiger partial charge is 0.273 e. The highest BCUT2D eigenvalue weighted by Gasteiger charge is 2.29. The number of aromatic nitrogens is 1. The lowest BCUT2D eigenvalue weighted by atomic mass is 9.98. The molecule has 0 spiro atoms. The maximum absolute atomic E-state index is 12.6. The van der Waals surface area contributed by atoms with Gasteiger partial charge in [-0.1, -0.05) is 23.4 Å². The lowest BCUT2D eigenvalue weighted by Gasteiger charge is -2.31. The van der Waals surface area contributed by atoms with Crippen molar-refractivity contribution in [3.05, 3.63) is 48.4 Å². The zero-order chi connectivity index (χ0) is 17.0. The Labute approximate surface area is 140 Å². The average molecular weight is 349 g/mol. The third-order valence-electron chi connectivity index (χ3n) is 4.18. The van der Waals surface area contributed by atoms with E-state index in [0.717, 1.165) is 0 Å². The summed E-state index contributed by atoms with van der Waals surface area (Å²) in [6.07, 6.45) is 2.78. The highest BCUT2D eigenvalue weighted by Crippen LogP contribution is 2.23. The fourth-order valence-corrected chi connectivity index (χ4v) is 4.24. The summed E-state index contributed by atoms with van der Waals surface area (Å²) < 4.78 is 31.3. The number of amides is 1. The molecule has 1 aliphatic heterocycles. The summed E-state index contributed by atoms with van der Waals surface area (Å²) in [4.78, 5) is 12.1. The fourth-order valence-electron chi connectivity index (χ4n) is 2.75. The minimum Gasteiger partial charge on any atom is -0.364 e. The first-order valence-corrected chi connectivity index (χ1v) is 9.25. The first kappa shape index (κ1) is 16.7. The molecule has 0 saturated carbocycles. The van der Waals surface area contributed by atoms with Gasteiger partial charge < -0.3 is 9.84 Å². The van der Waals surface area contributed by atoms with E-state index in [1.165, 1.54) is 16.6 Å². The molecule has 2 aromatic rings. The van der Waals surface area contributed by atoms with Crippen molar-refractivity contribution in [2.24, 2.45) is 5.92 Å². The SMILES string of the molecule is O=C(NCC1CCN(S(=O)(=O)c2ccccc2)CC1)c1ccon1. The Morgan fingerprint density at radius 3 is 2.54 bits per heavy atom. The zero-order valence-electron chi connectivity index (χ0n) is 13.1. The standard InChI is InChI=1S/C16H19N3O4S/c20-16(15-8-11-23-18-15)17-12-13-6-9-19(10-7-13)24(21,22)14-4-2-1-3-5-14/h1-5,8,11,13H,6-7,9-10,12H2,(H,17,20). The molecule has 0 unspecified atom stereocenters. The van der Waals surface area contributed by atoms with Crippen LogP contribution in [0.25, 0.3) is 0 Å². The minimum absolute atomic E-state index is 0.249. The number of nitrogens with zero attached hydrogens (tertiary/aromatic N) is 2. The van der Waals surface area contributed by atoms with E-state index in [1.807, 2.05) is 0 Å². The van der Waals surface area contributed by atoms with Gasteiger partial charge in [0.05, 0.1) is 4.90 Å². The zero-order valence-corrected chi connectivity index (χ0v) is 13.9. The Morgan fingerprint density at radius 2 is 1.92 bits per heavy atom. The van der Waals surface area contributed by atoms with Crippen molar-refractivity contribution in [3.63, 3.8) is 0 Å². The van der Waals surface area contributed by atoms with Crippen LogP contribution in [0.5, 0.6) is 0 Å². The summed E-state index contributed by atoms with van der Waals surface area (Å²) in [5.74, 6) is -0.0221. The summed E-state index contributed by atoms with van der Waals surface area (Å²) in [6.45, 7) is 1.42. The topological polar surface area (TPSA) is 92.5 Å². The molecule has 1 aromatic heterocycles. The summed E-state index contributed by atoms with van der Waals surface area (Å²) >= 11 is 0. The Kier molecular flexibility index (Phi) is 4.96. The summed E-state index contributed by atoms with van der Waals surface area (Å²) in [5.41, 5.74) is 0.249. The van der Waals surface area contributed by atoms with E-state index >= 15 is 0 Å². The van der Waals surface area contributed by atoms with E-state index in [-0.39, 0.29) is 17.5 Å². The minimum atomic E-state index is -3.43. The number of rotatable bonds is 5.